The first-order chi connectivity index (χ1) is 20.8. The van der Waals surface area contributed by atoms with Crippen LogP contribution in [-0.4, -0.2) is 0 Å². The van der Waals surface area contributed by atoms with Gasteiger partial charge in [-0.1, -0.05) is 109 Å². The topological polar surface area (TPSA) is 16.4 Å². The molecule has 1 aromatic heterocycles. The van der Waals surface area contributed by atoms with Crippen LogP contribution in [0.5, 0.6) is 0 Å². The lowest BCUT2D eigenvalue weighted by molar-refractivity contribution is 0.669. The van der Waals surface area contributed by atoms with Gasteiger partial charge in [0.05, 0.1) is 0 Å². The van der Waals surface area contributed by atoms with Gasteiger partial charge < -0.3 is 9.32 Å². The summed E-state index contributed by atoms with van der Waals surface area (Å²) < 4.78 is 6.20. The quantitative estimate of drug-likeness (QED) is 0.217. The van der Waals surface area contributed by atoms with Gasteiger partial charge in [0.2, 0.25) is 0 Å². The zero-order chi connectivity index (χ0) is 27.9. The van der Waals surface area contributed by atoms with Crippen LogP contribution in [-0.2, 0) is 0 Å². The van der Waals surface area contributed by atoms with Crippen molar-refractivity contribution in [2.75, 3.05) is 4.90 Å². The van der Waals surface area contributed by atoms with Crippen LogP contribution >= 0.6 is 0 Å². The number of hydrogen-bond donors (Lipinski definition) is 0. The number of fused-ring (bicyclic) bond motifs is 4. The van der Waals surface area contributed by atoms with Gasteiger partial charge in [-0.3, -0.25) is 0 Å². The summed E-state index contributed by atoms with van der Waals surface area (Å²) in [7, 11) is 0. The minimum Gasteiger partial charge on any atom is -0.456 e. The first kappa shape index (κ1) is 24.2. The monoisotopic (exact) mass is 537 g/mol. The molecule has 0 spiro atoms. The van der Waals surface area contributed by atoms with E-state index in [4.69, 9.17) is 4.42 Å². The average molecular weight is 538 g/mol. The SMILES string of the molecule is c1ccc(N(c2cccc(-c3ccc4ccccc4c3)c2)c2cccc(-c3cccc4oc5ccccc5c34)c2)cc1. The molecule has 1 heterocycles. The van der Waals surface area contributed by atoms with Crippen molar-refractivity contribution in [1.82, 2.24) is 0 Å². The van der Waals surface area contributed by atoms with Crippen LogP contribution in [0.15, 0.2) is 168 Å². The van der Waals surface area contributed by atoms with E-state index in [0.29, 0.717) is 0 Å². The molecule has 0 aliphatic rings. The van der Waals surface area contributed by atoms with E-state index < -0.39 is 0 Å². The number of nitrogens with zero attached hydrogens (tertiary/aromatic N) is 1. The summed E-state index contributed by atoms with van der Waals surface area (Å²) in [5.74, 6) is 0. The maximum atomic E-state index is 6.20. The number of benzene rings is 7. The second kappa shape index (κ2) is 10.1. The van der Waals surface area contributed by atoms with E-state index in [1.165, 1.54) is 21.9 Å². The highest BCUT2D eigenvalue weighted by Gasteiger charge is 2.16. The van der Waals surface area contributed by atoms with Crippen molar-refractivity contribution in [3.05, 3.63) is 164 Å². The third-order valence-electron chi connectivity index (χ3n) is 8.02. The van der Waals surface area contributed by atoms with Crippen molar-refractivity contribution in [2.45, 2.75) is 0 Å². The molecule has 8 aromatic rings. The summed E-state index contributed by atoms with van der Waals surface area (Å²) >= 11 is 0. The van der Waals surface area contributed by atoms with E-state index in [1.54, 1.807) is 0 Å². The molecule has 0 N–H and O–H groups in total. The van der Waals surface area contributed by atoms with E-state index in [9.17, 15) is 0 Å². The molecule has 0 fully saturated rings. The summed E-state index contributed by atoms with van der Waals surface area (Å²) in [5.41, 5.74) is 9.83. The first-order valence-electron chi connectivity index (χ1n) is 14.3. The van der Waals surface area contributed by atoms with Gasteiger partial charge in [-0.15, -0.1) is 0 Å². The fourth-order valence-electron chi connectivity index (χ4n) is 6.05. The lowest BCUT2D eigenvalue weighted by atomic mass is 9.98. The molecule has 0 amide bonds. The highest BCUT2D eigenvalue weighted by Crippen LogP contribution is 2.41. The normalized spacial score (nSPS) is 11.3. The Balaban J connectivity index is 1.27. The average Bonchev–Trinajstić information content (AvgIpc) is 3.45. The molecule has 0 aliphatic heterocycles. The fourth-order valence-corrected chi connectivity index (χ4v) is 6.05. The first-order valence-corrected chi connectivity index (χ1v) is 14.3. The molecule has 8 rings (SSSR count). The summed E-state index contributed by atoms with van der Waals surface area (Å²) in [6.45, 7) is 0. The fraction of sp³-hybridized carbons (Fsp3) is 0. The molecule has 198 valence electrons. The van der Waals surface area contributed by atoms with Crippen molar-refractivity contribution in [1.29, 1.82) is 0 Å². The van der Waals surface area contributed by atoms with Gasteiger partial charge >= 0.3 is 0 Å². The van der Waals surface area contributed by atoms with Crippen LogP contribution in [0.3, 0.4) is 0 Å². The van der Waals surface area contributed by atoms with Crippen molar-refractivity contribution in [3.63, 3.8) is 0 Å². The Morgan fingerprint density at radius 2 is 1.00 bits per heavy atom. The molecular formula is C40H27NO. The summed E-state index contributed by atoms with van der Waals surface area (Å²) in [6, 6.07) is 58.0. The third-order valence-corrected chi connectivity index (χ3v) is 8.02. The highest BCUT2D eigenvalue weighted by atomic mass is 16.3. The number of rotatable bonds is 5. The van der Waals surface area contributed by atoms with Gasteiger partial charge in [0, 0.05) is 27.8 Å². The molecule has 2 heteroatoms. The molecule has 42 heavy (non-hydrogen) atoms. The second-order valence-corrected chi connectivity index (χ2v) is 10.6. The lowest BCUT2D eigenvalue weighted by Crippen LogP contribution is -2.10. The predicted octanol–water partition coefficient (Wildman–Crippen LogP) is 11.5. The number of furan rings is 1. The van der Waals surface area contributed by atoms with Crippen LogP contribution in [0.25, 0.3) is 55.0 Å². The van der Waals surface area contributed by atoms with Gasteiger partial charge in [0.1, 0.15) is 11.2 Å². The molecule has 0 bridgehead atoms. The van der Waals surface area contributed by atoms with Crippen LogP contribution in [0.4, 0.5) is 17.1 Å². The second-order valence-electron chi connectivity index (χ2n) is 10.6. The Hall–Kier alpha value is -5.60. The Morgan fingerprint density at radius 3 is 1.86 bits per heavy atom. The molecule has 0 unspecified atom stereocenters. The number of para-hydroxylation sites is 2. The van der Waals surface area contributed by atoms with Crippen molar-refractivity contribution >= 4 is 49.8 Å². The van der Waals surface area contributed by atoms with Gasteiger partial charge in [-0.25, -0.2) is 0 Å². The zero-order valence-corrected chi connectivity index (χ0v) is 22.9. The molecule has 0 atom stereocenters. The molecule has 0 radical (unpaired) electrons. The zero-order valence-electron chi connectivity index (χ0n) is 22.9. The van der Waals surface area contributed by atoms with E-state index in [2.05, 4.69) is 157 Å². The molecule has 0 saturated heterocycles. The molecule has 0 aliphatic carbocycles. The minimum atomic E-state index is 0.905. The largest absolute Gasteiger partial charge is 0.456 e. The van der Waals surface area contributed by atoms with E-state index in [-0.39, 0.29) is 0 Å². The summed E-state index contributed by atoms with van der Waals surface area (Å²) in [6.07, 6.45) is 0. The number of anilines is 3. The van der Waals surface area contributed by atoms with Crippen LogP contribution in [0.1, 0.15) is 0 Å². The van der Waals surface area contributed by atoms with E-state index in [1.807, 2.05) is 12.1 Å². The maximum Gasteiger partial charge on any atom is 0.136 e. The highest BCUT2D eigenvalue weighted by molar-refractivity contribution is 6.12. The Bertz CT molecular complexity index is 2210. The maximum absolute atomic E-state index is 6.20. The summed E-state index contributed by atoms with van der Waals surface area (Å²) in [5, 5.41) is 4.78. The van der Waals surface area contributed by atoms with Crippen molar-refractivity contribution < 1.29 is 4.42 Å². The Labute approximate surface area is 244 Å². The smallest absolute Gasteiger partial charge is 0.136 e. The van der Waals surface area contributed by atoms with Gasteiger partial charge in [-0.2, -0.15) is 0 Å². The van der Waals surface area contributed by atoms with Crippen LogP contribution in [0, 0.1) is 0 Å². The lowest BCUT2D eigenvalue weighted by Gasteiger charge is -2.26. The summed E-state index contributed by atoms with van der Waals surface area (Å²) in [4.78, 5) is 2.33. The van der Waals surface area contributed by atoms with Crippen molar-refractivity contribution in [2.24, 2.45) is 0 Å². The Morgan fingerprint density at radius 1 is 0.381 bits per heavy atom. The minimum absolute atomic E-state index is 0.905. The van der Waals surface area contributed by atoms with Crippen LogP contribution in [0.2, 0.25) is 0 Å². The van der Waals surface area contributed by atoms with Gasteiger partial charge in [0.15, 0.2) is 0 Å². The Kier molecular flexibility index (Phi) is 5.82. The van der Waals surface area contributed by atoms with E-state index >= 15 is 0 Å². The molecule has 7 aromatic carbocycles. The van der Waals surface area contributed by atoms with Crippen LogP contribution < -0.4 is 4.90 Å². The molecule has 2 nitrogen and oxygen atoms in total. The number of hydrogen-bond acceptors (Lipinski definition) is 2. The van der Waals surface area contributed by atoms with E-state index in [0.717, 1.165) is 50.1 Å². The van der Waals surface area contributed by atoms with Gasteiger partial charge in [-0.05, 0) is 87.6 Å². The standard InChI is InChI=1S/C40H27NO/c1-2-15-33(16-3-1)41(34-17-8-13-30(26-34)31-24-23-28-11-4-5-12-29(28)25-31)35-18-9-14-32(27-35)36-20-10-22-39-40(36)37-19-6-7-21-38(37)42-39/h1-27H. The van der Waals surface area contributed by atoms with Crippen molar-refractivity contribution in [3.8, 4) is 22.3 Å². The predicted molar refractivity (Wildman–Crippen MR) is 177 cm³/mol. The third kappa shape index (κ3) is 4.22. The molecule has 0 saturated carbocycles. The molecular weight excluding hydrogens is 510 g/mol. The van der Waals surface area contributed by atoms with Gasteiger partial charge in [0.25, 0.3) is 0 Å².